The number of rotatable bonds is 13. The fraction of sp³-hybridized carbons (Fsp3) is 0.556. The lowest BCUT2D eigenvalue weighted by Gasteiger charge is -2.37. The summed E-state index contributed by atoms with van der Waals surface area (Å²) >= 11 is 0. The number of benzene rings is 2. The van der Waals surface area contributed by atoms with Crippen LogP contribution in [-0.4, -0.2) is 81.3 Å². The molecule has 0 bridgehead atoms. The Morgan fingerprint density at radius 3 is 2.00 bits per heavy atom. The molecule has 1 heterocycles. The molecule has 0 N–H and O–H groups in total. The zero-order valence-corrected chi connectivity index (χ0v) is 25.7. The molecule has 12 heteroatoms. The van der Waals surface area contributed by atoms with Crippen molar-refractivity contribution in [2.45, 2.75) is 36.7 Å². The monoisotopic (exact) mass is 605 g/mol. The van der Waals surface area contributed by atoms with Gasteiger partial charge in [-0.25, -0.2) is 16.8 Å². The smallest absolute Gasteiger partial charge is 0.198 e. The van der Waals surface area contributed by atoms with Crippen LogP contribution >= 0.6 is 12.4 Å². The van der Waals surface area contributed by atoms with Crippen molar-refractivity contribution >= 4 is 32.1 Å². The van der Waals surface area contributed by atoms with Crippen LogP contribution in [0.5, 0.6) is 23.0 Å². The SMILES string of the molecule is CCOc1ccc(C2(CCCN(C)CCc3ccc(OC)c(OC)c3)S(=O)(=O)CCCS2(=O)=O)cc1OC.Cl. The Bertz CT molecular complexity index is 1280. The van der Waals surface area contributed by atoms with Crippen LogP contribution in [0.3, 0.4) is 0 Å². The number of halogens is 1. The summed E-state index contributed by atoms with van der Waals surface area (Å²) in [6.45, 7) is 3.47. The van der Waals surface area contributed by atoms with Crippen molar-refractivity contribution in [2.24, 2.45) is 0 Å². The molecule has 39 heavy (non-hydrogen) atoms. The van der Waals surface area contributed by atoms with Crippen LogP contribution in [0.15, 0.2) is 36.4 Å². The number of hydrogen-bond acceptors (Lipinski definition) is 9. The van der Waals surface area contributed by atoms with Crippen molar-refractivity contribution < 1.29 is 35.8 Å². The number of hydrogen-bond donors (Lipinski definition) is 0. The molecular weight excluding hydrogens is 566 g/mol. The molecule has 0 unspecified atom stereocenters. The summed E-state index contributed by atoms with van der Waals surface area (Å²) in [6.07, 6.45) is 1.20. The van der Waals surface area contributed by atoms with Crippen LogP contribution < -0.4 is 18.9 Å². The van der Waals surface area contributed by atoms with E-state index in [9.17, 15) is 16.8 Å². The molecule has 0 aromatic heterocycles. The summed E-state index contributed by atoms with van der Waals surface area (Å²) in [4.78, 5) is 2.07. The first-order valence-electron chi connectivity index (χ1n) is 12.7. The Labute approximate surface area is 239 Å². The van der Waals surface area contributed by atoms with E-state index in [0.29, 0.717) is 49.1 Å². The van der Waals surface area contributed by atoms with Gasteiger partial charge in [-0.2, -0.15) is 0 Å². The molecule has 0 amide bonds. The molecule has 1 fully saturated rings. The van der Waals surface area contributed by atoms with E-state index >= 15 is 0 Å². The minimum Gasteiger partial charge on any atom is -0.493 e. The van der Waals surface area contributed by atoms with Crippen LogP contribution in [0.25, 0.3) is 0 Å². The van der Waals surface area contributed by atoms with E-state index in [2.05, 4.69) is 4.90 Å². The molecule has 0 atom stereocenters. The summed E-state index contributed by atoms with van der Waals surface area (Å²) in [5, 5.41) is 0. The second-order valence-corrected chi connectivity index (χ2v) is 14.3. The van der Waals surface area contributed by atoms with Gasteiger partial charge in [0.15, 0.2) is 46.8 Å². The van der Waals surface area contributed by atoms with Crippen molar-refractivity contribution in [3.05, 3.63) is 47.5 Å². The van der Waals surface area contributed by atoms with E-state index in [1.807, 2.05) is 32.2 Å². The average molecular weight is 606 g/mol. The summed E-state index contributed by atoms with van der Waals surface area (Å²) in [5.41, 5.74) is 1.29. The van der Waals surface area contributed by atoms with Gasteiger partial charge in [0.1, 0.15) is 0 Å². The van der Waals surface area contributed by atoms with E-state index in [1.165, 1.54) is 13.2 Å². The van der Waals surface area contributed by atoms with Crippen molar-refractivity contribution in [3.63, 3.8) is 0 Å². The van der Waals surface area contributed by atoms with Gasteiger partial charge >= 0.3 is 0 Å². The third kappa shape index (κ3) is 6.93. The topological polar surface area (TPSA) is 108 Å². The van der Waals surface area contributed by atoms with E-state index in [1.54, 1.807) is 26.4 Å². The fourth-order valence-corrected chi connectivity index (χ4v) is 10.8. The average Bonchev–Trinajstić information content (AvgIpc) is 2.89. The highest BCUT2D eigenvalue weighted by Gasteiger charge is 2.57. The first-order chi connectivity index (χ1) is 18.0. The van der Waals surface area contributed by atoms with Gasteiger partial charge in [-0.1, -0.05) is 12.1 Å². The molecule has 220 valence electrons. The molecule has 2 aromatic carbocycles. The minimum absolute atomic E-state index is 0. The first-order valence-corrected chi connectivity index (χ1v) is 16.0. The van der Waals surface area contributed by atoms with E-state index in [0.717, 1.165) is 12.0 Å². The molecule has 0 saturated carbocycles. The van der Waals surface area contributed by atoms with E-state index in [4.69, 9.17) is 18.9 Å². The maximum atomic E-state index is 13.5. The summed E-state index contributed by atoms with van der Waals surface area (Å²) in [5.74, 6) is 1.73. The number of nitrogens with zero attached hydrogens (tertiary/aromatic N) is 1. The second-order valence-electron chi connectivity index (χ2n) is 9.39. The van der Waals surface area contributed by atoms with Gasteiger partial charge in [0, 0.05) is 6.54 Å². The number of likely N-dealkylation sites (N-methyl/N-ethyl adjacent to an activating group) is 1. The highest BCUT2D eigenvalue weighted by atomic mass is 35.5. The maximum Gasteiger partial charge on any atom is 0.198 e. The Morgan fingerprint density at radius 2 is 1.41 bits per heavy atom. The van der Waals surface area contributed by atoms with E-state index < -0.39 is 23.8 Å². The highest BCUT2D eigenvalue weighted by molar-refractivity contribution is 8.10. The predicted molar refractivity (Wildman–Crippen MR) is 155 cm³/mol. The lowest BCUT2D eigenvalue weighted by molar-refractivity contribution is 0.310. The normalized spacial score (nSPS) is 17.2. The molecular formula is C27H40ClNO8S2. The molecule has 1 aliphatic rings. The Balaban J connectivity index is 0.00000533. The summed E-state index contributed by atoms with van der Waals surface area (Å²) < 4.78 is 73.8. The van der Waals surface area contributed by atoms with Crippen LogP contribution in [0.1, 0.15) is 37.3 Å². The van der Waals surface area contributed by atoms with Crippen molar-refractivity contribution in [2.75, 3.05) is 59.6 Å². The Kier molecular flexibility index (Phi) is 11.8. The molecule has 2 aromatic rings. The molecule has 3 rings (SSSR count). The quantitative estimate of drug-likeness (QED) is 0.336. The molecule has 0 spiro atoms. The van der Waals surface area contributed by atoms with Gasteiger partial charge in [-0.3, -0.25) is 0 Å². The van der Waals surface area contributed by atoms with Gasteiger partial charge < -0.3 is 23.8 Å². The summed E-state index contributed by atoms with van der Waals surface area (Å²) in [7, 11) is -1.41. The van der Waals surface area contributed by atoms with Crippen molar-refractivity contribution in [1.29, 1.82) is 0 Å². The zero-order chi connectivity index (χ0) is 28.0. The van der Waals surface area contributed by atoms with Gasteiger partial charge in [-0.15, -0.1) is 12.4 Å². The first kappa shape index (κ1) is 33.0. The third-order valence-electron chi connectivity index (χ3n) is 7.01. The fourth-order valence-electron chi connectivity index (χ4n) is 5.01. The maximum absolute atomic E-state index is 13.5. The lowest BCUT2D eigenvalue weighted by atomic mass is 10.1. The van der Waals surface area contributed by atoms with Crippen LogP contribution in [-0.2, 0) is 30.2 Å². The Morgan fingerprint density at radius 1 is 0.821 bits per heavy atom. The molecule has 0 aliphatic carbocycles. The summed E-state index contributed by atoms with van der Waals surface area (Å²) in [6, 6.07) is 10.4. The molecule has 1 aliphatic heterocycles. The van der Waals surface area contributed by atoms with Crippen LogP contribution in [0.4, 0.5) is 0 Å². The lowest BCUT2D eigenvalue weighted by Crippen LogP contribution is -2.50. The van der Waals surface area contributed by atoms with Gasteiger partial charge in [0.05, 0.1) is 39.4 Å². The number of methoxy groups -OCH3 is 3. The van der Waals surface area contributed by atoms with Crippen LogP contribution in [0, 0.1) is 0 Å². The second kappa shape index (κ2) is 13.9. The molecule has 9 nitrogen and oxygen atoms in total. The van der Waals surface area contributed by atoms with Gasteiger partial charge in [0.2, 0.25) is 0 Å². The third-order valence-corrected chi connectivity index (χ3v) is 13.1. The minimum atomic E-state index is -3.99. The number of ether oxygens (including phenoxy) is 4. The van der Waals surface area contributed by atoms with Crippen LogP contribution in [0.2, 0.25) is 0 Å². The van der Waals surface area contributed by atoms with Gasteiger partial charge in [0.25, 0.3) is 0 Å². The standard InChI is InChI=1S/C27H39NO8S2.ClH/c1-6-36-24-12-10-22(20-26(24)35-5)27(37(29,30)17-8-18-38(27,31)32)14-7-15-28(2)16-13-21-9-11-23(33-3)25(19-21)34-4;/h9-12,19-20H,6-8,13-18H2,1-5H3;1H. The van der Waals surface area contributed by atoms with Crippen molar-refractivity contribution in [1.82, 2.24) is 4.90 Å². The largest absolute Gasteiger partial charge is 0.493 e. The van der Waals surface area contributed by atoms with Crippen molar-refractivity contribution in [3.8, 4) is 23.0 Å². The highest BCUT2D eigenvalue weighted by Crippen LogP contribution is 2.47. The van der Waals surface area contributed by atoms with Gasteiger partial charge in [-0.05, 0) is 81.6 Å². The zero-order valence-electron chi connectivity index (χ0n) is 23.3. The predicted octanol–water partition coefficient (Wildman–Crippen LogP) is 3.87. The van der Waals surface area contributed by atoms with E-state index in [-0.39, 0.29) is 42.3 Å². The molecule has 0 radical (unpaired) electrons. The number of sulfone groups is 2. The molecule has 1 saturated heterocycles. The Hall–Kier alpha value is -2.21.